The number of hydrogen-bond acceptors (Lipinski definition) is 2. The van der Waals surface area contributed by atoms with E-state index in [4.69, 9.17) is 0 Å². The highest BCUT2D eigenvalue weighted by Crippen LogP contribution is 2.66. The Morgan fingerprint density at radius 2 is 1.73 bits per heavy atom. The summed E-state index contributed by atoms with van der Waals surface area (Å²) in [6, 6.07) is 0.438. The number of allylic oxidation sites excluding steroid dienone is 1. The van der Waals surface area contributed by atoms with Crippen molar-refractivity contribution in [1.82, 2.24) is 9.80 Å². The number of carbonyl (C=O) groups is 2. The minimum Gasteiger partial charge on any atom is -0.342 e. The minimum atomic E-state index is 0.170. The molecule has 168 valence electrons. The van der Waals surface area contributed by atoms with Gasteiger partial charge in [0, 0.05) is 32.6 Å². The van der Waals surface area contributed by atoms with Crippen LogP contribution in [-0.4, -0.2) is 47.8 Å². The lowest BCUT2D eigenvalue weighted by Gasteiger charge is -2.61. The van der Waals surface area contributed by atoms with E-state index in [9.17, 15) is 9.59 Å². The number of rotatable bonds is 4. The number of likely N-dealkylation sites (N-methyl/N-ethyl adjacent to an activating group) is 1. The second-order valence-corrected chi connectivity index (χ2v) is 11.1. The molecule has 4 fully saturated rings. The van der Waals surface area contributed by atoms with Crippen molar-refractivity contribution in [3.05, 3.63) is 12.2 Å². The van der Waals surface area contributed by atoms with E-state index in [0.717, 1.165) is 43.7 Å². The SMILES string of the molecule is CCN(CC)C(=O)/C=C/[C@H]1CC[C@H]2[C@@H]3CC[C@H]4N(C)C(=O)CC[C@]4(C)[C@H]3CC[C@]12C. The first-order valence-electron chi connectivity index (χ1n) is 12.5. The Labute approximate surface area is 183 Å². The zero-order chi connectivity index (χ0) is 21.7. The molecule has 3 saturated carbocycles. The van der Waals surface area contributed by atoms with Crippen LogP contribution < -0.4 is 0 Å². The fourth-order valence-electron chi connectivity index (χ4n) is 8.35. The largest absolute Gasteiger partial charge is 0.342 e. The molecule has 0 aromatic rings. The lowest BCUT2D eigenvalue weighted by atomic mass is 9.47. The van der Waals surface area contributed by atoms with Gasteiger partial charge in [-0.25, -0.2) is 0 Å². The monoisotopic (exact) mass is 414 g/mol. The van der Waals surface area contributed by atoms with E-state index in [1.165, 1.54) is 38.5 Å². The summed E-state index contributed by atoms with van der Waals surface area (Å²) in [5.74, 6) is 3.37. The molecule has 4 rings (SSSR count). The van der Waals surface area contributed by atoms with Gasteiger partial charge in [0.15, 0.2) is 0 Å². The second-order valence-electron chi connectivity index (χ2n) is 11.1. The van der Waals surface area contributed by atoms with Crippen molar-refractivity contribution in [2.24, 2.45) is 34.5 Å². The summed E-state index contributed by atoms with van der Waals surface area (Å²) >= 11 is 0. The van der Waals surface area contributed by atoms with Crippen LogP contribution in [0, 0.1) is 34.5 Å². The van der Waals surface area contributed by atoms with Crippen molar-refractivity contribution in [3.63, 3.8) is 0 Å². The van der Waals surface area contributed by atoms with Crippen molar-refractivity contribution in [2.45, 2.75) is 85.1 Å². The van der Waals surface area contributed by atoms with E-state index in [0.29, 0.717) is 28.7 Å². The van der Waals surface area contributed by atoms with Crippen LogP contribution >= 0.6 is 0 Å². The molecule has 1 saturated heterocycles. The van der Waals surface area contributed by atoms with Crippen molar-refractivity contribution in [3.8, 4) is 0 Å². The predicted octanol–water partition coefficient (Wildman–Crippen LogP) is 4.89. The zero-order valence-electron chi connectivity index (χ0n) is 19.8. The van der Waals surface area contributed by atoms with Crippen molar-refractivity contribution in [2.75, 3.05) is 20.1 Å². The Morgan fingerprint density at radius 1 is 1.03 bits per heavy atom. The second kappa shape index (κ2) is 7.98. The number of piperidine rings is 1. The Balaban J connectivity index is 1.52. The number of carbonyl (C=O) groups excluding carboxylic acids is 2. The summed E-state index contributed by atoms with van der Waals surface area (Å²) in [6.45, 7) is 10.7. The Hall–Kier alpha value is -1.32. The Bertz CT molecular complexity index is 714. The van der Waals surface area contributed by atoms with Gasteiger partial charge in [0.25, 0.3) is 0 Å². The minimum absolute atomic E-state index is 0.170. The fourth-order valence-corrected chi connectivity index (χ4v) is 8.35. The van der Waals surface area contributed by atoms with Crippen molar-refractivity contribution < 1.29 is 9.59 Å². The van der Waals surface area contributed by atoms with E-state index < -0.39 is 0 Å². The molecule has 7 atom stereocenters. The number of amides is 2. The van der Waals surface area contributed by atoms with Crippen LogP contribution in [0.5, 0.6) is 0 Å². The van der Waals surface area contributed by atoms with E-state index in [1.54, 1.807) is 0 Å². The molecule has 4 aliphatic rings. The molecule has 0 radical (unpaired) electrons. The van der Waals surface area contributed by atoms with Crippen LogP contribution in [0.4, 0.5) is 0 Å². The molecule has 4 nitrogen and oxygen atoms in total. The molecule has 2 amide bonds. The fraction of sp³-hybridized carbons (Fsp3) is 0.846. The quantitative estimate of drug-likeness (QED) is 0.615. The molecule has 4 heteroatoms. The topological polar surface area (TPSA) is 40.6 Å². The first kappa shape index (κ1) is 21.9. The summed E-state index contributed by atoms with van der Waals surface area (Å²) in [5.41, 5.74) is 0.625. The third kappa shape index (κ3) is 3.24. The molecule has 0 unspecified atom stereocenters. The Kier molecular flexibility index (Phi) is 5.83. The van der Waals surface area contributed by atoms with Gasteiger partial charge in [-0.3, -0.25) is 9.59 Å². The molecule has 0 aromatic carbocycles. The van der Waals surface area contributed by atoms with E-state index >= 15 is 0 Å². The highest BCUT2D eigenvalue weighted by atomic mass is 16.2. The zero-order valence-corrected chi connectivity index (χ0v) is 19.8. The van der Waals surface area contributed by atoms with Gasteiger partial charge in [-0.05, 0) is 99.4 Å². The van der Waals surface area contributed by atoms with Crippen LogP contribution in [0.3, 0.4) is 0 Å². The van der Waals surface area contributed by atoms with Gasteiger partial charge < -0.3 is 9.80 Å². The molecule has 1 aliphatic heterocycles. The molecule has 1 heterocycles. The van der Waals surface area contributed by atoms with Gasteiger partial charge in [0.05, 0.1) is 0 Å². The summed E-state index contributed by atoms with van der Waals surface area (Å²) in [4.78, 5) is 28.8. The van der Waals surface area contributed by atoms with E-state index in [1.807, 2.05) is 18.0 Å². The van der Waals surface area contributed by atoms with Crippen LogP contribution in [0.15, 0.2) is 12.2 Å². The van der Waals surface area contributed by atoms with Crippen molar-refractivity contribution >= 4 is 11.8 Å². The number of hydrogen-bond donors (Lipinski definition) is 0. The van der Waals surface area contributed by atoms with Crippen LogP contribution in [0.2, 0.25) is 0 Å². The average molecular weight is 415 g/mol. The van der Waals surface area contributed by atoms with Crippen LogP contribution in [0.25, 0.3) is 0 Å². The van der Waals surface area contributed by atoms with Gasteiger partial charge in [0.1, 0.15) is 0 Å². The molecule has 3 aliphatic carbocycles. The van der Waals surface area contributed by atoms with Gasteiger partial charge >= 0.3 is 0 Å². The smallest absolute Gasteiger partial charge is 0.246 e. The lowest BCUT2D eigenvalue weighted by molar-refractivity contribution is -0.157. The van der Waals surface area contributed by atoms with Crippen molar-refractivity contribution in [1.29, 1.82) is 0 Å². The maximum Gasteiger partial charge on any atom is 0.246 e. The van der Waals surface area contributed by atoms with Crippen LogP contribution in [-0.2, 0) is 9.59 Å². The highest BCUT2D eigenvalue weighted by molar-refractivity contribution is 5.87. The molecular weight excluding hydrogens is 372 g/mol. The Morgan fingerprint density at radius 3 is 2.43 bits per heavy atom. The summed E-state index contributed by atoms with van der Waals surface area (Å²) < 4.78 is 0. The third-order valence-corrected chi connectivity index (χ3v) is 10.2. The average Bonchev–Trinajstić information content (AvgIpc) is 3.07. The van der Waals surface area contributed by atoms with Crippen LogP contribution in [0.1, 0.15) is 79.1 Å². The van der Waals surface area contributed by atoms with Gasteiger partial charge in [0.2, 0.25) is 11.8 Å². The molecular formula is C26H42N2O2. The third-order valence-electron chi connectivity index (χ3n) is 10.2. The molecule has 0 bridgehead atoms. The normalized spacial score (nSPS) is 43.3. The van der Waals surface area contributed by atoms with Gasteiger partial charge in [-0.15, -0.1) is 0 Å². The summed E-state index contributed by atoms with van der Waals surface area (Å²) in [6.07, 6.45) is 13.5. The number of likely N-dealkylation sites (tertiary alicyclic amines) is 1. The lowest BCUT2D eigenvalue weighted by Crippen LogP contribution is -2.61. The molecule has 0 aromatic heterocycles. The van der Waals surface area contributed by atoms with E-state index in [2.05, 4.69) is 38.7 Å². The number of fused-ring (bicyclic) bond motifs is 5. The van der Waals surface area contributed by atoms with Gasteiger partial charge in [-0.1, -0.05) is 19.9 Å². The first-order chi connectivity index (χ1) is 14.3. The molecule has 0 spiro atoms. The molecule has 30 heavy (non-hydrogen) atoms. The van der Waals surface area contributed by atoms with E-state index in [-0.39, 0.29) is 5.91 Å². The maximum atomic E-state index is 12.5. The standard InChI is InChI=1S/C26H42N2O2/c1-6-28(7-2)24(30)13-9-18-8-11-20-19-10-12-22-26(4,17-15-23(29)27(22)5)21(19)14-16-25(18,20)3/h9,13,18-22H,6-8,10-12,14-17H2,1-5H3/b13-9+/t18-,19+,20+,21+,22-,25-,26-/m1/s1. The highest BCUT2D eigenvalue weighted by Gasteiger charge is 2.60. The number of nitrogens with zero attached hydrogens (tertiary/aromatic N) is 2. The maximum absolute atomic E-state index is 12.5. The molecule has 0 N–H and O–H groups in total. The van der Waals surface area contributed by atoms with Gasteiger partial charge in [-0.2, -0.15) is 0 Å². The summed E-state index contributed by atoms with van der Waals surface area (Å²) in [7, 11) is 2.04. The predicted molar refractivity (Wildman–Crippen MR) is 121 cm³/mol. The first-order valence-corrected chi connectivity index (χ1v) is 12.5. The summed E-state index contributed by atoms with van der Waals surface area (Å²) in [5, 5.41) is 0.